The van der Waals surface area contributed by atoms with Gasteiger partial charge in [-0.3, -0.25) is 4.90 Å². The molecule has 0 saturated carbocycles. The van der Waals surface area contributed by atoms with Gasteiger partial charge in [0.05, 0.1) is 6.04 Å². The van der Waals surface area contributed by atoms with Gasteiger partial charge in [0.25, 0.3) is 0 Å². The first-order valence-corrected chi connectivity index (χ1v) is 14.4. The fourth-order valence-electron chi connectivity index (χ4n) is 6.71. The van der Waals surface area contributed by atoms with E-state index in [1.54, 1.807) is 0 Å². The summed E-state index contributed by atoms with van der Waals surface area (Å²) < 4.78 is 52.8. The molecule has 3 heterocycles. The summed E-state index contributed by atoms with van der Waals surface area (Å²) in [6, 6.07) is 17.8. The van der Waals surface area contributed by atoms with Crippen LogP contribution in [0.15, 0.2) is 60.7 Å². The Morgan fingerprint density at radius 3 is 2.35 bits per heavy atom. The van der Waals surface area contributed by atoms with Gasteiger partial charge < -0.3 is 15.0 Å². The molecule has 0 radical (unpaired) electrons. The molecule has 0 bridgehead atoms. The second kappa shape index (κ2) is 10.7. The lowest BCUT2D eigenvalue weighted by Crippen LogP contribution is -2.60. The normalized spacial score (nSPS) is 20.7. The molecule has 3 aromatic carbocycles. The van der Waals surface area contributed by atoms with Crippen LogP contribution in [-0.2, 0) is 13.0 Å². The van der Waals surface area contributed by atoms with Crippen molar-refractivity contribution in [1.29, 1.82) is 0 Å². The summed E-state index contributed by atoms with van der Waals surface area (Å²) >= 11 is 0. The Morgan fingerprint density at radius 2 is 1.68 bits per heavy atom. The monoisotopic (exact) mass is 549 g/mol. The van der Waals surface area contributed by atoms with E-state index in [1.165, 1.54) is 26.0 Å². The van der Waals surface area contributed by atoms with E-state index in [2.05, 4.69) is 10.2 Å². The molecule has 2 fully saturated rings. The van der Waals surface area contributed by atoms with Crippen molar-refractivity contribution in [2.24, 2.45) is 5.41 Å². The van der Waals surface area contributed by atoms with Gasteiger partial charge in [0, 0.05) is 42.8 Å². The highest BCUT2D eigenvalue weighted by Crippen LogP contribution is 2.44. The number of hydrogen-bond acceptors (Lipinski definition) is 4. The molecule has 2 saturated heterocycles. The number of hydrogen-bond donors (Lipinski definition) is 1. The molecule has 0 aliphatic carbocycles. The highest BCUT2D eigenvalue weighted by molar-refractivity contribution is 5.54. The van der Waals surface area contributed by atoms with Crippen molar-refractivity contribution in [3.05, 3.63) is 94.6 Å². The third kappa shape index (κ3) is 5.59. The molecule has 3 aliphatic rings. The first-order valence-electron chi connectivity index (χ1n) is 14.4. The molecule has 1 N–H and O–H groups in total. The predicted octanol–water partition coefficient (Wildman–Crippen LogP) is 6.43. The maximum Gasteiger partial charge on any atom is 0.133 e. The summed E-state index contributed by atoms with van der Waals surface area (Å²) in [5.41, 5.74) is 2.15. The maximum atomic E-state index is 15.9. The number of nitrogens with zero attached hydrogens (tertiary/aromatic N) is 2. The van der Waals surface area contributed by atoms with Gasteiger partial charge in [0.15, 0.2) is 0 Å². The van der Waals surface area contributed by atoms with Gasteiger partial charge in [-0.05, 0) is 87.2 Å². The van der Waals surface area contributed by atoms with E-state index in [0.717, 1.165) is 55.7 Å². The second-order valence-corrected chi connectivity index (χ2v) is 12.4. The number of halogens is 3. The van der Waals surface area contributed by atoms with Crippen LogP contribution < -0.4 is 15.0 Å². The van der Waals surface area contributed by atoms with E-state index >= 15 is 8.78 Å². The third-order valence-electron chi connectivity index (χ3n) is 8.69. The Bertz CT molecular complexity index is 1320. The van der Waals surface area contributed by atoms with Gasteiger partial charge in [-0.15, -0.1) is 0 Å². The Hall–Kier alpha value is -3.03. The molecule has 1 unspecified atom stereocenters. The number of fused-ring (bicyclic) bond motifs is 1. The van der Waals surface area contributed by atoms with Gasteiger partial charge in [0.2, 0.25) is 0 Å². The van der Waals surface area contributed by atoms with Gasteiger partial charge in [-0.2, -0.15) is 0 Å². The molecule has 0 aromatic heterocycles. The summed E-state index contributed by atoms with van der Waals surface area (Å²) in [6.45, 7) is 7.67. The van der Waals surface area contributed by atoms with E-state index in [1.807, 2.05) is 53.4 Å². The van der Waals surface area contributed by atoms with Crippen LogP contribution in [0.25, 0.3) is 0 Å². The molecule has 6 rings (SSSR count). The van der Waals surface area contributed by atoms with Gasteiger partial charge in [-0.1, -0.05) is 36.4 Å². The summed E-state index contributed by atoms with van der Waals surface area (Å²) in [6.07, 6.45) is 2.84. The molecule has 3 aliphatic heterocycles. The number of piperidine rings is 1. The van der Waals surface area contributed by atoms with E-state index in [4.69, 9.17) is 4.74 Å². The molecule has 1 atom stereocenters. The average molecular weight is 550 g/mol. The number of ether oxygens (including phenoxy) is 1. The van der Waals surface area contributed by atoms with Crippen LogP contribution in [0, 0.1) is 17.0 Å². The highest BCUT2D eigenvalue weighted by atomic mass is 19.1. The lowest BCUT2D eigenvalue weighted by molar-refractivity contribution is 0.0971. The number of nitrogens with one attached hydrogen (secondary N) is 1. The van der Waals surface area contributed by atoms with E-state index in [0.29, 0.717) is 31.0 Å². The van der Waals surface area contributed by atoms with Crippen molar-refractivity contribution < 1.29 is 17.9 Å². The highest BCUT2D eigenvalue weighted by Gasteiger charge is 2.44. The molecule has 7 heteroatoms. The van der Waals surface area contributed by atoms with Crippen molar-refractivity contribution in [1.82, 2.24) is 10.2 Å². The molecule has 4 nitrogen and oxygen atoms in total. The average Bonchev–Trinajstić information content (AvgIpc) is 2.91. The molecular formula is C33H38F3N3O. The molecule has 40 heavy (non-hydrogen) atoms. The van der Waals surface area contributed by atoms with Crippen molar-refractivity contribution in [2.45, 2.75) is 51.4 Å². The van der Waals surface area contributed by atoms with Crippen molar-refractivity contribution in [3.63, 3.8) is 0 Å². The number of rotatable bonds is 7. The lowest BCUT2D eigenvalue weighted by Gasteiger charge is -2.53. The van der Waals surface area contributed by atoms with E-state index in [9.17, 15) is 4.39 Å². The van der Waals surface area contributed by atoms with Crippen molar-refractivity contribution in [3.8, 4) is 5.75 Å². The van der Waals surface area contributed by atoms with E-state index < -0.39 is 23.3 Å². The van der Waals surface area contributed by atoms with Crippen molar-refractivity contribution in [2.75, 3.05) is 44.2 Å². The molecule has 1 spiro atoms. The number of anilines is 1. The van der Waals surface area contributed by atoms with E-state index in [-0.39, 0.29) is 17.5 Å². The van der Waals surface area contributed by atoms with Crippen LogP contribution >= 0.6 is 0 Å². The van der Waals surface area contributed by atoms with Crippen LogP contribution in [0.1, 0.15) is 55.0 Å². The fourth-order valence-corrected chi connectivity index (χ4v) is 6.71. The van der Waals surface area contributed by atoms with Gasteiger partial charge in [-0.25, -0.2) is 13.2 Å². The summed E-state index contributed by atoms with van der Waals surface area (Å²) in [7, 11) is 0. The summed E-state index contributed by atoms with van der Waals surface area (Å²) in [5, 5.41) is 3.39. The first-order chi connectivity index (χ1) is 19.2. The largest absolute Gasteiger partial charge is 0.489 e. The van der Waals surface area contributed by atoms with Crippen LogP contribution in [0.5, 0.6) is 5.75 Å². The first kappa shape index (κ1) is 27.2. The predicted molar refractivity (Wildman–Crippen MR) is 153 cm³/mol. The lowest BCUT2D eigenvalue weighted by atomic mass is 9.72. The Kier molecular flexibility index (Phi) is 7.30. The zero-order valence-corrected chi connectivity index (χ0v) is 23.4. The van der Waals surface area contributed by atoms with Crippen LogP contribution in [-0.4, -0.2) is 49.8 Å². The summed E-state index contributed by atoms with van der Waals surface area (Å²) in [5.74, 6) is -0.447. The fraction of sp³-hybridized carbons (Fsp3) is 0.455. The maximum absolute atomic E-state index is 15.9. The molecule has 3 aromatic rings. The minimum atomic E-state index is -1.51. The van der Waals surface area contributed by atoms with Gasteiger partial charge >= 0.3 is 0 Å². The third-order valence-corrected chi connectivity index (χ3v) is 8.69. The van der Waals surface area contributed by atoms with Crippen LogP contribution in [0.4, 0.5) is 18.9 Å². The minimum absolute atomic E-state index is 0.0102. The minimum Gasteiger partial charge on any atom is -0.489 e. The van der Waals surface area contributed by atoms with Crippen LogP contribution in [0.3, 0.4) is 0 Å². The quantitative estimate of drug-likeness (QED) is 0.368. The second-order valence-electron chi connectivity index (χ2n) is 12.4. The molecule has 212 valence electrons. The van der Waals surface area contributed by atoms with Crippen LogP contribution in [0.2, 0.25) is 0 Å². The summed E-state index contributed by atoms with van der Waals surface area (Å²) in [4.78, 5) is 3.95. The smallest absolute Gasteiger partial charge is 0.133 e. The Balaban J connectivity index is 1.29. The standard InChI is InChI=1S/C33H38F3N3O/c1-32(2,36)20-38-15-10-24-16-26(40-19-23-6-4-3-5-7-23)8-9-27(24)31(38)30-28(34)17-25(18-29(30)35)39-21-33(22-39)11-13-37-14-12-33/h3-9,16-18,31,37H,10-15,19-22H2,1-2H3. The van der Waals surface area contributed by atoms with Gasteiger partial charge in [0.1, 0.15) is 29.7 Å². The number of benzene rings is 3. The SMILES string of the molecule is CC(C)(F)CN1CCc2cc(OCc3ccccc3)ccc2C1c1c(F)cc(N2CC3(CCNCC3)C2)cc1F. The molecular weight excluding hydrogens is 511 g/mol. The molecule has 0 amide bonds. The zero-order chi connectivity index (χ0) is 27.9. The van der Waals surface area contributed by atoms with Crippen molar-refractivity contribution >= 4 is 5.69 Å². The number of alkyl halides is 1. The Labute approximate surface area is 235 Å². The topological polar surface area (TPSA) is 27.7 Å². The zero-order valence-electron chi connectivity index (χ0n) is 23.4. The Morgan fingerprint density at radius 1 is 0.975 bits per heavy atom.